The van der Waals surface area contributed by atoms with Gasteiger partial charge in [0.15, 0.2) is 0 Å². The number of carbonyl (C=O) groups is 2. The average Bonchev–Trinajstić information content (AvgIpc) is 3.06. The molecule has 0 saturated carbocycles. The van der Waals surface area contributed by atoms with Crippen LogP contribution in [0.5, 0.6) is 0 Å². The van der Waals surface area contributed by atoms with E-state index in [4.69, 9.17) is 0 Å². The van der Waals surface area contributed by atoms with E-state index in [1.165, 1.54) is 11.1 Å². The highest BCUT2D eigenvalue weighted by Crippen LogP contribution is 2.33. The number of rotatable bonds is 5. The number of hydrogen-bond donors (Lipinski definition) is 1. The molecule has 1 heterocycles. The Morgan fingerprint density at radius 3 is 2.33 bits per heavy atom. The van der Waals surface area contributed by atoms with E-state index >= 15 is 0 Å². The SMILES string of the molecule is CCc1cccc(CC)c1N1CC(C(=O)Nc2cccc(C)c2C)CC1=O. The summed E-state index contributed by atoms with van der Waals surface area (Å²) in [5.74, 6) is -0.370. The van der Waals surface area contributed by atoms with E-state index in [-0.39, 0.29) is 24.2 Å². The molecule has 1 aliphatic rings. The minimum atomic E-state index is -0.327. The van der Waals surface area contributed by atoms with Crippen LogP contribution < -0.4 is 10.2 Å². The summed E-state index contributed by atoms with van der Waals surface area (Å²) in [6.45, 7) is 8.68. The van der Waals surface area contributed by atoms with Crippen LogP contribution in [-0.4, -0.2) is 18.4 Å². The van der Waals surface area contributed by atoms with Crippen molar-refractivity contribution >= 4 is 23.2 Å². The molecule has 1 atom stereocenters. The normalized spacial score (nSPS) is 16.7. The van der Waals surface area contributed by atoms with Gasteiger partial charge in [-0.05, 0) is 55.0 Å². The summed E-state index contributed by atoms with van der Waals surface area (Å²) in [5.41, 5.74) is 6.37. The Bertz CT molecular complexity index is 850. The summed E-state index contributed by atoms with van der Waals surface area (Å²) in [5, 5.41) is 3.02. The number of aryl methyl sites for hydroxylation is 3. The largest absolute Gasteiger partial charge is 0.326 e. The third-order valence-electron chi connectivity index (χ3n) is 5.59. The van der Waals surface area contributed by atoms with Crippen molar-refractivity contribution in [2.75, 3.05) is 16.8 Å². The Kier molecular flexibility index (Phi) is 5.64. The molecule has 2 aromatic rings. The van der Waals surface area contributed by atoms with Crippen molar-refractivity contribution in [2.24, 2.45) is 5.92 Å². The van der Waals surface area contributed by atoms with Gasteiger partial charge in [0.2, 0.25) is 11.8 Å². The molecule has 142 valence electrons. The van der Waals surface area contributed by atoms with E-state index < -0.39 is 0 Å². The van der Waals surface area contributed by atoms with Crippen LogP contribution in [0.2, 0.25) is 0 Å². The summed E-state index contributed by atoms with van der Waals surface area (Å²) in [6, 6.07) is 12.1. The predicted octanol–water partition coefficient (Wildman–Crippen LogP) is 4.42. The summed E-state index contributed by atoms with van der Waals surface area (Å²) < 4.78 is 0. The second-order valence-corrected chi connectivity index (χ2v) is 7.27. The highest BCUT2D eigenvalue weighted by Gasteiger charge is 2.36. The molecule has 4 heteroatoms. The van der Waals surface area contributed by atoms with Crippen LogP contribution in [0.4, 0.5) is 11.4 Å². The van der Waals surface area contributed by atoms with Crippen molar-refractivity contribution in [2.45, 2.75) is 47.0 Å². The first kappa shape index (κ1) is 19.2. The lowest BCUT2D eigenvalue weighted by Gasteiger charge is -2.23. The molecule has 0 bridgehead atoms. The van der Waals surface area contributed by atoms with Crippen molar-refractivity contribution in [3.05, 3.63) is 58.7 Å². The van der Waals surface area contributed by atoms with Gasteiger partial charge in [0, 0.05) is 24.3 Å². The molecular formula is C23H28N2O2. The zero-order valence-corrected chi connectivity index (χ0v) is 16.6. The van der Waals surface area contributed by atoms with Crippen LogP contribution in [0.15, 0.2) is 36.4 Å². The molecule has 0 spiro atoms. The molecule has 0 aromatic heterocycles. The first-order valence-corrected chi connectivity index (χ1v) is 9.74. The molecule has 1 N–H and O–H groups in total. The zero-order chi connectivity index (χ0) is 19.6. The second kappa shape index (κ2) is 7.95. The quantitative estimate of drug-likeness (QED) is 0.854. The lowest BCUT2D eigenvalue weighted by atomic mass is 10.0. The molecule has 3 rings (SSSR count). The van der Waals surface area contributed by atoms with Gasteiger partial charge >= 0.3 is 0 Å². The summed E-state index contributed by atoms with van der Waals surface area (Å²) >= 11 is 0. The average molecular weight is 364 g/mol. The number of amides is 2. The maximum atomic E-state index is 12.8. The van der Waals surface area contributed by atoms with Gasteiger partial charge in [0.1, 0.15) is 0 Å². The van der Waals surface area contributed by atoms with Crippen molar-refractivity contribution < 1.29 is 9.59 Å². The van der Waals surface area contributed by atoms with Crippen molar-refractivity contribution in [1.29, 1.82) is 0 Å². The molecule has 0 radical (unpaired) electrons. The molecule has 2 aromatic carbocycles. The van der Waals surface area contributed by atoms with Crippen LogP contribution in [0.3, 0.4) is 0 Å². The summed E-state index contributed by atoms with van der Waals surface area (Å²) in [6.07, 6.45) is 2.00. The monoisotopic (exact) mass is 364 g/mol. The standard InChI is InChI=1S/C23H28N2O2/c1-5-17-10-8-11-18(6-2)22(17)25-14-19(13-21(25)26)23(27)24-20-12-7-9-15(3)16(20)4/h7-12,19H,5-6,13-14H2,1-4H3,(H,24,27). The molecule has 2 amide bonds. The summed E-state index contributed by atoms with van der Waals surface area (Å²) in [7, 11) is 0. The molecule has 0 aliphatic carbocycles. The highest BCUT2D eigenvalue weighted by molar-refractivity contribution is 6.04. The first-order valence-electron chi connectivity index (χ1n) is 9.74. The molecule has 1 aliphatic heterocycles. The van der Waals surface area contributed by atoms with Crippen LogP contribution >= 0.6 is 0 Å². The van der Waals surface area contributed by atoms with E-state index in [2.05, 4.69) is 31.3 Å². The lowest BCUT2D eigenvalue weighted by molar-refractivity contribution is -0.122. The van der Waals surface area contributed by atoms with Crippen molar-refractivity contribution in [3.63, 3.8) is 0 Å². The van der Waals surface area contributed by atoms with Gasteiger partial charge in [-0.25, -0.2) is 0 Å². The molecule has 1 unspecified atom stereocenters. The number of nitrogens with one attached hydrogen (secondary N) is 1. The summed E-state index contributed by atoms with van der Waals surface area (Å²) in [4.78, 5) is 27.4. The van der Waals surface area contributed by atoms with Crippen LogP contribution in [-0.2, 0) is 22.4 Å². The number of anilines is 2. The van der Waals surface area contributed by atoms with Crippen molar-refractivity contribution in [3.8, 4) is 0 Å². The topological polar surface area (TPSA) is 49.4 Å². The fraction of sp³-hybridized carbons (Fsp3) is 0.391. The third kappa shape index (κ3) is 3.75. The Labute approximate surface area is 161 Å². The molecular weight excluding hydrogens is 336 g/mol. The molecule has 1 fully saturated rings. The van der Waals surface area contributed by atoms with E-state index in [0.29, 0.717) is 6.54 Å². The fourth-order valence-corrected chi connectivity index (χ4v) is 3.78. The lowest BCUT2D eigenvalue weighted by Crippen LogP contribution is -2.29. The van der Waals surface area contributed by atoms with Gasteiger partial charge in [-0.3, -0.25) is 9.59 Å². The van der Waals surface area contributed by atoms with E-state index in [0.717, 1.165) is 35.3 Å². The van der Waals surface area contributed by atoms with E-state index in [1.807, 2.05) is 43.0 Å². The first-order chi connectivity index (χ1) is 13.0. The van der Waals surface area contributed by atoms with Gasteiger partial charge in [0.05, 0.1) is 5.92 Å². The maximum Gasteiger partial charge on any atom is 0.229 e. The Morgan fingerprint density at radius 2 is 1.70 bits per heavy atom. The minimum Gasteiger partial charge on any atom is -0.326 e. The number of benzene rings is 2. The van der Waals surface area contributed by atoms with Crippen LogP contribution in [0, 0.1) is 19.8 Å². The Balaban J connectivity index is 1.82. The maximum absolute atomic E-state index is 12.8. The second-order valence-electron chi connectivity index (χ2n) is 7.27. The van der Waals surface area contributed by atoms with E-state index in [1.54, 1.807) is 0 Å². The highest BCUT2D eigenvalue weighted by atomic mass is 16.2. The van der Waals surface area contributed by atoms with Crippen molar-refractivity contribution in [1.82, 2.24) is 0 Å². The van der Waals surface area contributed by atoms with Gasteiger partial charge in [-0.15, -0.1) is 0 Å². The van der Waals surface area contributed by atoms with Gasteiger partial charge in [0.25, 0.3) is 0 Å². The number of nitrogens with zero attached hydrogens (tertiary/aromatic N) is 1. The third-order valence-corrected chi connectivity index (χ3v) is 5.59. The molecule has 27 heavy (non-hydrogen) atoms. The molecule has 4 nitrogen and oxygen atoms in total. The number of carbonyl (C=O) groups excluding carboxylic acids is 2. The Morgan fingerprint density at radius 1 is 1.07 bits per heavy atom. The fourth-order valence-electron chi connectivity index (χ4n) is 3.78. The zero-order valence-electron chi connectivity index (χ0n) is 16.6. The van der Waals surface area contributed by atoms with Gasteiger partial charge in [-0.1, -0.05) is 44.2 Å². The smallest absolute Gasteiger partial charge is 0.229 e. The van der Waals surface area contributed by atoms with Crippen LogP contribution in [0.25, 0.3) is 0 Å². The van der Waals surface area contributed by atoms with Crippen LogP contribution in [0.1, 0.15) is 42.5 Å². The minimum absolute atomic E-state index is 0.0340. The molecule has 1 saturated heterocycles. The van der Waals surface area contributed by atoms with Gasteiger partial charge in [-0.2, -0.15) is 0 Å². The predicted molar refractivity (Wildman–Crippen MR) is 110 cm³/mol. The van der Waals surface area contributed by atoms with Gasteiger partial charge < -0.3 is 10.2 Å². The van der Waals surface area contributed by atoms with E-state index in [9.17, 15) is 9.59 Å². The number of para-hydroxylation sites is 1. The Hall–Kier alpha value is -2.62. The number of hydrogen-bond acceptors (Lipinski definition) is 2.